The van der Waals surface area contributed by atoms with Crippen LogP contribution in [0.2, 0.25) is 0 Å². The first-order valence-corrected chi connectivity index (χ1v) is 11.3. The van der Waals surface area contributed by atoms with Gasteiger partial charge in [0.2, 0.25) is 11.8 Å². The van der Waals surface area contributed by atoms with Crippen LogP contribution in [-0.2, 0) is 16.1 Å². The number of thioether (sulfide) groups is 1. The van der Waals surface area contributed by atoms with Crippen LogP contribution < -0.4 is 10.1 Å². The maximum Gasteiger partial charge on any atom is 0.242 e. The zero-order chi connectivity index (χ0) is 21.9. The van der Waals surface area contributed by atoms with Crippen LogP contribution >= 0.6 is 11.8 Å². The minimum absolute atomic E-state index is 0.0342. The highest BCUT2D eigenvalue weighted by Gasteiger charge is 2.26. The van der Waals surface area contributed by atoms with Crippen molar-refractivity contribution in [1.82, 2.24) is 10.2 Å². The average Bonchev–Trinajstić information content (AvgIpc) is 2.77. The molecular formula is C24H32N2O3S. The molecule has 0 aliphatic heterocycles. The molecule has 2 unspecified atom stereocenters. The van der Waals surface area contributed by atoms with Gasteiger partial charge in [-0.2, -0.15) is 0 Å². The summed E-state index contributed by atoms with van der Waals surface area (Å²) in [7, 11) is 1.62. The summed E-state index contributed by atoms with van der Waals surface area (Å²) in [4.78, 5) is 28.6. The highest BCUT2D eigenvalue weighted by molar-refractivity contribution is 7.99. The molecule has 6 heteroatoms. The topological polar surface area (TPSA) is 58.6 Å². The average molecular weight is 429 g/mol. The second-order valence-corrected chi connectivity index (χ2v) is 8.45. The predicted molar refractivity (Wildman–Crippen MR) is 123 cm³/mol. The van der Waals surface area contributed by atoms with Gasteiger partial charge in [0.15, 0.2) is 0 Å². The summed E-state index contributed by atoms with van der Waals surface area (Å²) < 4.78 is 5.30. The molecule has 30 heavy (non-hydrogen) atoms. The van der Waals surface area contributed by atoms with E-state index in [2.05, 4.69) is 5.32 Å². The van der Waals surface area contributed by atoms with Crippen molar-refractivity contribution in [3.05, 3.63) is 60.2 Å². The quantitative estimate of drug-likeness (QED) is 0.535. The lowest BCUT2D eigenvalue weighted by Gasteiger charge is -2.30. The zero-order valence-corrected chi connectivity index (χ0v) is 19.1. The summed E-state index contributed by atoms with van der Waals surface area (Å²) in [6.07, 6.45) is 1.21. The molecule has 0 spiro atoms. The van der Waals surface area contributed by atoms with Crippen molar-refractivity contribution in [2.75, 3.05) is 12.9 Å². The van der Waals surface area contributed by atoms with Crippen LogP contribution in [0.1, 0.15) is 39.2 Å². The molecular weight excluding hydrogens is 396 g/mol. The second kappa shape index (κ2) is 12.3. The lowest BCUT2D eigenvalue weighted by molar-refractivity contribution is -0.140. The molecule has 1 N–H and O–H groups in total. The Morgan fingerprint density at radius 2 is 1.83 bits per heavy atom. The minimum Gasteiger partial charge on any atom is -0.497 e. The fourth-order valence-electron chi connectivity index (χ4n) is 2.93. The lowest BCUT2D eigenvalue weighted by atomic mass is 10.1. The van der Waals surface area contributed by atoms with Crippen molar-refractivity contribution in [1.29, 1.82) is 0 Å². The van der Waals surface area contributed by atoms with E-state index in [1.165, 1.54) is 0 Å². The van der Waals surface area contributed by atoms with Gasteiger partial charge < -0.3 is 15.0 Å². The van der Waals surface area contributed by atoms with Gasteiger partial charge in [0.1, 0.15) is 11.8 Å². The molecule has 5 nitrogen and oxygen atoms in total. The number of benzene rings is 2. The highest BCUT2D eigenvalue weighted by Crippen LogP contribution is 2.20. The van der Waals surface area contributed by atoms with Crippen LogP contribution in [0.15, 0.2) is 59.5 Å². The first-order valence-electron chi connectivity index (χ1n) is 10.3. The van der Waals surface area contributed by atoms with E-state index < -0.39 is 6.04 Å². The molecule has 2 aromatic rings. The molecule has 0 aliphatic carbocycles. The van der Waals surface area contributed by atoms with E-state index in [1.807, 2.05) is 68.4 Å². The van der Waals surface area contributed by atoms with Gasteiger partial charge in [-0.1, -0.05) is 37.3 Å². The Hall–Kier alpha value is -2.47. The molecule has 0 fully saturated rings. The molecule has 2 amide bonds. The second-order valence-electron chi connectivity index (χ2n) is 7.28. The first kappa shape index (κ1) is 23.8. The molecule has 2 aromatic carbocycles. The number of carbonyl (C=O) groups excluding carboxylic acids is 2. The molecule has 2 atom stereocenters. The SMILES string of the molecule is CCC(C)NC(=O)C(C)N(Cc1cccc(OC)c1)C(=O)CCSc1ccccc1. The Morgan fingerprint density at radius 1 is 1.10 bits per heavy atom. The number of hydrogen-bond donors (Lipinski definition) is 1. The third-order valence-electron chi connectivity index (χ3n) is 4.98. The van der Waals surface area contributed by atoms with E-state index in [0.717, 1.165) is 22.6 Å². The van der Waals surface area contributed by atoms with E-state index in [9.17, 15) is 9.59 Å². The predicted octanol–water partition coefficient (Wildman–Crippen LogP) is 4.51. The van der Waals surface area contributed by atoms with Crippen LogP contribution in [0, 0.1) is 0 Å². The van der Waals surface area contributed by atoms with Gasteiger partial charge in [-0.05, 0) is 50.1 Å². The van der Waals surface area contributed by atoms with Crippen LogP contribution in [0.5, 0.6) is 5.75 Å². The van der Waals surface area contributed by atoms with Crippen molar-refractivity contribution < 1.29 is 14.3 Å². The fourth-order valence-corrected chi connectivity index (χ4v) is 3.79. The Labute approximate surface area is 184 Å². The van der Waals surface area contributed by atoms with Gasteiger partial charge in [0.05, 0.1) is 7.11 Å². The van der Waals surface area contributed by atoms with E-state index >= 15 is 0 Å². The smallest absolute Gasteiger partial charge is 0.242 e. The first-order chi connectivity index (χ1) is 14.4. The van der Waals surface area contributed by atoms with Crippen molar-refractivity contribution in [3.63, 3.8) is 0 Å². The molecule has 0 radical (unpaired) electrons. The minimum atomic E-state index is -0.556. The Kier molecular flexibility index (Phi) is 9.74. The number of hydrogen-bond acceptors (Lipinski definition) is 4. The third kappa shape index (κ3) is 7.41. The monoisotopic (exact) mass is 428 g/mol. The standard InChI is InChI=1S/C24H32N2O3S/c1-5-18(2)25-24(28)19(3)26(17-20-10-9-11-21(16-20)29-4)23(27)14-15-30-22-12-7-6-8-13-22/h6-13,16,18-19H,5,14-15,17H2,1-4H3,(H,25,28). The summed E-state index contributed by atoms with van der Waals surface area (Å²) in [5.74, 6) is 1.23. The number of carbonyl (C=O) groups is 2. The van der Waals surface area contributed by atoms with Gasteiger partial charge in [0, 0.05) is 29.7 Å². The lowest BCUT2D eigenvalue weighted by Crippen LogP contribution is -2.49. The van der Waals surface area contributed by atoms with Crippen molar-refractivity contribution in [2.45, 2.75) is 57.1 Å². The number of rotatable bonds is 11. The van der Waals surface area contributed by atoms with Crippen LogP contribution in [0.3, 0.4) is 0 Å². The summed E-state index contributed by atoms with van der Waals surface area (Å²) in [5.41, 5.74) is 0.932. The van der Waals surface area contributed by atoms with Gasteiger partial charge in [-0.3, -0.25) is 9.59 Å². The maximum atomic E-state index is 13.1. The van der Waals surface area contributed by atoms with Crippen LogP contribution in [-0.4, -0.2) is 41.7 Å². The molecule has 0 saturated carbocycles. The van der Waals surface area contributed by atoms with Crippen molar-refractivity contribution in [2.24, 2.45) is 0 Å². The molecule has 0 aromatic heterocycles. The molecule has 2 rings (SSSR count). The third-order valence-corrected chi connectivity index (χ3v) is 6.00. The van der Waals surface area contributed by atoms with E-state index in [1.54, 1.807) is 30.7 Å². The van der Waals surface area contributed by atoms with Crippen molar-refractivity contribution >= 4 is 23.6 Å². The molecule has 0 saturated heterocycles. The maximum absolute atomic E-state index is 13.1. The highest BCUT2D eigenvalue weighted by atomic mass is 32.2. The van der Waals surface area contributed by atoms with Gasteiger partial charge in [-0.25, -0.2) is 0 Å². The van der Waals surface area contributed by atoms with Gasteiger partial charge >= 0.3 is 0 Å². The van der Waals surface area contributed by atoms with E-state index in [0.29, 0.717) is 18.7 Å². The Bertz CT molecular complexity index is 813. The fraction of sp³-hybridized carbons (Fsp3) is 0.417. The summed E-state index contributed by atoms with van der Waals surface area (Å²) >= 11 is 1.64. The number of ether oxygens (including phenoxy) is 1. The van der Waals surface area contributed by atoms with Crippen LogP contribution in [0.25, 0.3) is 0 Å². The van der Waals surface area contributed by atoms with Gasteiger partial charge in [-0.15, -0.1) is 11.8 Å². The van der Waals surface area contributed by atoms with Crippen LogP contribution in [0.4, 0.5) is 0 Å². The molecule has 0 heterocycles. The van der Waals surface area contributed by atoms with E-state index in [-0.39, 0.29) is 17.9 Å². The van der Waals surface area contributed by atoms with Crippen molar-refractivity contribution in [3.8, 4) is 5.75 Å². The van der Waals surface area contributed by atoms with E-state index in [4.69, 9.17) is 4.74 Å². The number of nitrogens with zero attached hydrogens (tertiary/aromatic N) is 1. The Morgan fingerprint density at radius 3 is 2.50 bits per heavy atom. The molecule has 0 aliphatic rings. The zero-order valence-electron chi connectivity index (χ0n) is 18.3. The normalized spacial score (nSPS) is 12.7. The number of nitrogens with one attached hydrogen (secondary N) is 1. The van der Waals surface area contributed by atoms with Gasteiger partial charge in [0.25, 0.3) is 0 Å². The summed E-state index contributed by atoms with van der Waals surface area (Å²) in [5, 5.41) is 2.99. The largest absolute Gasteiger partial charge is 0.497 e. The molecule has 0 bridgehead atoms. The summed E-state index contributed by atoms with van der Waals surface area (Å²) in [6.45, 7) is 6.15. The number of amides is 2. The Balaban J connectivity index is 2.09. The molecule has 162 valence electrons. The summed E-state index contributed by atoms with van der Waals surface area (Å²) in [6, 6.07) is 17.1. The number of methoxy groups -OCH3 is 1.